The lowest BCUT2D eigenvalue weighted by molar-refractivity contribution is 0.0232. The van der Waals surface area contributed by atoms with Crippen LogP contribution in [0.15, 0.2) is 6.20 Å². The number of carbonyl (C=O) groups excluding carboxylic acids is 1. The normalized spacial score (nSPS) is 23.5. The number of aliphatic hydroxyl groups is 1. The number of rotatable bonds is 4. The molecule has 1 saturated carbocycles. The molecule has 6 nitrogen and oxygen atoms in total. The van der Waals surface area contributed by atoms with Crippen molar-refractivity contribution in [3.05, 3.63) is 17.5 Å². The number of hydrogen-bond donors (Lipinski definition) is 3. The molecule has 4 N–H and O–H groups in total. The quantitative estimate of drug-likeness (QED) is 0.741. The van der Waals surface area contributed by atoms with Crippen LogP contribution in [0, 0.1) is 12.8 Å². The second kappa shape index (κ2) is 5.52. The zero-order valence-corrected chi connectivity index (χ0v) is 11.3. The lowest BCUT2D eigenvalue weighted by Crippen LogP contribution is -2.46. The largest absolute Gasteiger partial charge is 0.393 e. The maximum absolute atomic E-state index is 12.2. The minimum absolute atomic E-state index is 0.0906. The van der Waals surface area contributed by atoms with E-state index in [1.54, 1.807) is 6.92 Å². The van der Waals surface area contributed by atoms with E-state index in [0.29, 0.717) is 17.2 Å². The van der Waals surface area contributed by atoms with Crippen LogP contribution in [0.1, 0.15) is 42.2 Å². The Morgan fingerprint density at radius 1 is 1.63 bits per heavy atom. The summed E-state index contributed by atoms with van der Waals surface area (Å²) >= 11 is 0. The van der Waals surface area contributed by atoms with Crippen LogP contribution in [0.25, 0.3) is 0 Å². The summed E-state index contributed by atoms with van der Waals surface area (Å²) in [6, 6.07) is 0.0906. The minimum Gasteiger partial charge on any atom is -0.393 e. The molecule has 0 radical (unpaired) electrons. The number of nitrogens with zero attached hydrogens (tertiary/aromatic N) is 2. The summed E-state index contributed by atoms with van der Waals surface area (Å²) in [6.45, 7) is 3.77. The van der Waals surface area contributed by atoms with Crippen molar-refractivity contribution in [3.8, 4) is 0 Å². The standard InChI is InChI=1S/C13H20N4O2/c1-3-11(8-4-9(18)5-8)17-12(19)10-6-15-13(14)16-7(10)2/h6,8-9,11,18H,3-5H2,1-2H3,(H,17,19)(H2,14,15,16)/t8?,9?,11-/m0/s1. The van der Waals surface area contributed by atoms with Crippen LogP contribution in [0.5, 0.6) is 0 Å². The van der Waals surface area contributed by atoms with E-state index < -0.39 is 0 Å². The Balaban J connectivity index is 2.03. The Hall–Kier alpha value is -1.69. The molecular formula is C13H20N4O2. The highest BCUT2D eigenvalue weighted by Crippen LogP contribution is 2.31. The van der Waals surface area contributed by atoms with E-state index in [-0.39, 0.29) is 24.0 Å². The van der Waals surface area contributed by atoms with Crippen LogP contribution in [0.4, 0.5) is 5.95 Å². The maximum Gasteiger partial charge on any atom is 0.254 e. The molecule has 1 aromatic heterocycles. The van der Waals surface area contributed by atoms with Gasteiger partial charge in [-0.25, -0.2) is 9.97 Å². The Labute approximate surface area is 112 Å². The van der Waals surface area contributed by atoms with Crippen molar-refractivity contribution in [1.82, 2.24) is 15.3 Å². The van der Waals surface area contributed by atoms with Gasteiger partial charge in [0.1, 0.15) is 0 Å². The third kappa shape index (κ3) is 3.01. The van der Waals surface area contributed by atoms with Crippen molar-refractivity contribution in [2.45, 2.75) is 45.3 Å². The predicted octanol–water partition coefficient (Wildman–Crippen LogP) is 0.647. The number of carbonyl (C=O) groups is 1. The van der Waals surface area contributed by atoms with Crippen molar-refractivity contribution in [2.24, 2.45) is 5.92 Å². The topological polar surface area (TPSA) is 101 Å². The van der Waals surface area contributed by atoms with Crippen LogP contribution in [0.2, 0.25) is 0 Å². The summed E-state index contributed by atoms with van der Waals surface area (Å²) in [6.07, 6.45) is 3.61. The van der Waals surface area contributed by atoms with Gasteiger partial charge in [-0.05, 0) is 32.1 Å². The van der Waals surface area contributed by atoms with Gasteiger partial charge in [-0.2, -0.15) is 0 Å². The SMILES string of the molecule is CC[C@H](NC(=O)c1cnc(N)nc1C)C1CC(O)C1. The van der Waals surface area contributed by atoms with E-state index in [1.165, 1.54) is 6.20 Å². The molecule has 0 bridgehead atoms. The number of amides is 1. The maximum atomic E-state index is 12.2. The molecule has 1 aromatic rings. The van der Waals surface area contributed by atoms with Gasteiger partial charge in [0.05, 0.1) is 17.4 Å². The first-order valence-corrected chi connectivity index (χ1v) is 6.59. The molecule has 1 aliphatic carbocycles. The van der Waals surface area contributed by atoms with E-state index in [9.17, 15) is 9.90 Å². The molecule has 1 heterocycles. The first-order valence-electron chi connectivity index (χ1n) is 6.59. The van der Waals surface area contributed by atoms with E-state index in [0.717, 1.165) is 19.3 Å². The fraction of sp³-hybridized carbons (Fsp3) is 0.615. The zero-order valence-electron chi connectivity index (χ0n) is 11.3. The van der Waals surface area contributed by atoms with E-state index >= 15 is 0 Å². The number of aromatic nitrogens is 2. The molecule has 2 rings (SSSR count). The summed E-state index contributed by atoms with van der Waals surface area (Å²) in [5.74, 6) is 0.355. The highest BCUT2D eigenvalue weighted by Gasteiger charge is 2.34. The van der Waals surface area contributed by atoms with Crippen LogP contribution in [-0.2, 0) is 0 Å². The van der Waals surface area contributed by atoms with Crippen molar-refractivity contribution in [3.63, 3.8) is 0 Å². The van der Waals surface area contributed by atoms with Crippen LogP contribution >= 0.6 is 0 Å². The Kier molecular flexibility index (Phi) is 3.99. The van der Waals surface area contributed by atoms with E-state index in [1.807, 2.05) is 6.92 Å². The molecule has 0 saturated heterocycles. The third-order valence-electron chi connectivity index (χ3n) is 3.72. The number of hydrogen-bond acceptors (Lipinski definition) is 5. The molecular weight excluding hydrogens is 244 g/mol. The minimum atomic E-state index is -0.211. The van der Waals surface area contributed by atoms with Crippen molar-refractivity contribution < 1.29 is 9.90 Å². The van der Waals surface area contributed by atoms with Gasteiger partial charge in [0.25, 0.3) is 5.91 Å². The summed E-state index contributed by atoms with van der Waals surface area (Å²) in [4.78, 5) is 20.0. The average Bonchev–Trinajstić information content (AvgIpc) is 2.32. The van der Waals surface area contributed by atoms with Crippen molar-refractivity contribution >= 4 is 11.9 Å². The lowest BCUT2D eigenvalue weighted by atomic mass is 9.76. The monoisotopic (exact) mass is 264 g/mol. The van der Waals surface area contributed by atoms with E-state index in [2.05, 4.69) is 15.3 Å². The average molecular weight is 264 g/mol. The predicted molar refractivity (Wildman–Crippen MR) is 71.5 cm³/mol. The highest BCUT2D eigenvalue weighted by atomic mass is 16.3. The number of nitrogens with one attached hydrogen (secondary N) is 1. The van der Waals surface area contributed by atoms with E-state index in [4.69, 9.17) is 5.73 Å². The van der Waals surface area contributed by atoms with Gasteiger partial charge in [-0.3, -0.25) is 4.79 Å². The second-order valence-corrected chi connectivity index (χ2v) is 5.10. The summed E-state index contributed by atoms with van der Waals surface area (Å²) in [5, 5.41) is 12.3. The summed E-state index contributed by atoms with van der Waals surface area (Å²) in [5.41, 5.74) is 6.50. The van der Waals surface area contributed by atoms with Crippen LogP contribution in [-0.4, -0.2) is 33.1 Å². The van der Waals surface area contributed by atoms with Crippen molar-refractivity contribution in [2.75, 3.05) is 5.73 Å². The molecule has 1 amide bonds. The lowest BCUT2D eigenvalue weighted by Gasteiger charge is -2.37. The molecule has 1 fully saturated rings. The molecule has 0 spiro atoms. The first-order chi connectivity index (χ1) is 9.01. The van der Waals surface area contributed by atoms with Gasteiger partial charge >= 0.3 is 0 Å². The molecule has 1 aliphatic rings. The number of anilines is 1. The Bertz CT molecular complexity index is 472. The fourth-order valence-corrected chi connectivity index (χ4v) is 2.47. The number of nitrogens with two attached hydrogens (primary N) is 1. The molecule has 6 heteroatoms. The molecule has 19 heavy (non-hydrogen) atoms. The van der Waals surface area contributed by atoms with Gasteiger partial charge in [0.2, 0.25) is 5.95 Å². The first kappa shape index (κ1) is 13.7. The highest BCUT2D eigenvalue weighted by molar-refractivity contribution is 5.95. The zero-order chi connectivity index (χ0) is 14.0. The second-order valence-electron chi connectivity index (χ2n) is 5.10. The van der Waals surface area contributed by atoms with Gasteiger partial charge in [0, 0.05) is 12.2 Å². The van der Waals surface area contributed by atoms with Gasteiger partial charge in [0.15, 0.2) is 0 Å². The molecule has 104 valence electrons. The van der Waals surface area contributed by atoms with Crippen LogP contribution < -0.4 is 11.1 Å². The van der Waals surface area contributed by atoms with Gasteiger partial charge < -0.3 is 16.2 Å². The molecule has 0 aromatic carbocycles. The summed E-state index contributed by atoms with van der Waals surface area (Å²) < 4.78 is 0. The molecule has 0 unspecified atom stereocenters. The number of nitrogen functional groups attached to an aromatic ring is 1. The molecule has 1 atom stereocenters. The Morgan fingerprint density at radius 3 is 2.84 bits per heavy atom. The number of aryl methyl sites for hydroxylation is 1. The fourth-order valence-electron chi connectivity index (χ4n) is 2.47. The molecule has 0 aliphatic heterocycles. The smallest absolute Gasteiger partial charge is 0.254 e. The summed E-state index contributed by atoms with van der Waals surface area (Å²) in [7, 11) is 0. The van der Waals surface area contributed by atoms with Gasteiger partial charge in [-0.1, -0.05) is 6.92 Å². The van der Waals surface area contributed by atoms with Crippen LogP contribution in [0.3, 0.4) is 0 Å². The van der Waals surface area contributed by atoms with Gasteiger partial charge in [-0.15, -0.1) is 0 Å². The Morgan fingerprint density at radius 2 is 2.32 bits per heavy atom. The third-order valence-corrected chi connectivity index (χ3v) is 3.72. The van der Waals surface area contributed by atoms with Crippen molar-refractivity contribution in [1.29, 1.82) is 0 Å². The number of aliphatic hydroxyl groups excluding tert-OH is 1.